The number of hydrogen-bond acceptors (Lipinski definition) is 4. The Hall–Kier alpha value is -2.87. The summed E-state index contributed by atoms with van der Waals surface area (Å²) in [5.41, 5.74) is 1.20. The molecule has 5 nitrogen and oxygen atoms in total. The van der Waals surface area contributed by atoms with Crippen molar-refractivity contribution in [3.63, 3.8) is 0 Å². The first kappa shape index (κ1) is 13.6. The van der Waals surface area contributed by atoms with Crippen LogP contribution in [-0.4, -0.2) is 22.6 Å². The van der Waals surface area contributed by atoms with Crippen LogP contribution in [0.2, 0.25) is 0 Å². The van der Waals surface area contributed by atoms with Crippen molar-refractivity contribution < 1.29 is 9.90 Å². The topological polar surface area (TPSA) is 86.0 Å². The fourth-order valence-corrected chi connectivity index (χ4v) is 1.80. The first-order chi connectivity index (χ1) is 9.70. The van der Waals surface area contributed by atoms with Crippen LogP contribution in [0.5, 0.6) is 0 Å². The van der Waals surface area contributed by atoms with Crippen LogP contribution in [0.15, 0.2) is 48.7 Å². The number of carboxylic acid groups (broad SMARTS) is 1. The number of pyridine rings is 1. The summed E-state index contributed by atoms with van der Waals surface area (Å²) < 4.78 is 0. The Kier molecular flexibility index (Phi) is 4.30. The first-order valence-corrected chi connectivity index (χ1v) is 6.08. The molecule has 0 saturated carbocycles. The molecule has 0 radical (unpaired) electrons. The predicted octanol–water partition coefficient (Wildman–Crippen LogP) is 2.23. The molecular weight excluding hydrogens is 254 g/mol. The van der Waals surface area contributed by atoms with Crippen LogP contribution >= 0.6 is 0 Å². The lowest BCUT2D eigenvalue weighted by molar-refractivity contribution is -0.138. The van der Waals surface area contributed by atoms with Gasteiger partial charge in [0.25, 0.3) is 0 Å². The third-order valence-electron chi connectivity index (χ3n) is 2.88. The zero-order valence-corrected chi connectivity index (χ0v) is 10.7. The maximum atomic E-state index is 11.3. The summed E-state index contributed by atoms with van der Waals surface area (Å²) in [4.78, 5) is 15.4. The van der Waals surface area contributed by atoms with Crippen molar-refractivity contribution in [3.8, 4) is 6.07 Å². The highest BCUT2D eigenvalue weighted by atomic mass is 16.4. The molecule has 0 aliphatic carbocycles. The summed E-state index contributed by atoms with van der Waals surface area (Å²) in [5.74, 6) is -0.989. The standard InChI is InChI=1S/C15H13N3O2/c16-8-11-6-7-14(17-9-11)18-10-13(15(19)20)12-4-2-1-3-5-12/h1-7,9,13H,10H2,(H,17,18)(H,19,20). The van der Waals surface area contributed by atoms with Crippen LogP contribution in [0.3, 0.4) is 0 Å². The van der Waals surface area contributed by atoms with Crippen LogP contribution in [0.4, 0.5) is 5.82 Å². The number of carboxylic acids is 1. The minimum absolute atomic E-state index is 0.234. The second-order valence-corrected chi connectivity index (χ2v) is 4.23. The Bertz CT molecular complexity index is 618. The van der Waals surface area contributed by atoms with E-state index in [1.165, 1.54) is 6.20 Å². The smallest absolute Gasteiger partial charge is 0.312 e. The maximum absolute atomic E-state index is 11.3. The van der Waals surface area contributed by atoms with Gasteiger partial charge in [-0.3, -0.25) is 4.79 Å². The minimum atomic E-state index is -0.891. The molecule has 1 unspecified atom stereocenters. The van der Waals surface area contributed by atoms with E-state index in [9.17, 15) is 9.90 Å². The lowest BCUT2D eigenvalue weighted by Gasteiger charge is -2.14. The van der Waals surface area contributed by atoms with Crippen LogP contribution in [0.25, 0.3) is 0 Å². The molecule has 0 fully saturated rings. The van der Waals surface area contributed by atoms with Gasteiger partial charge in [-0.15, -0.1) is 0 Å². The molecule has 2 rings (SSSR count). The molecule has 1 heterocycles. The minimum Gasteiger partial charge on any atom is -0.481 e. The molecule has 0 aliphatic rings. The number of rotatable bonds is 5. The summed E-state index contributed by atoms with van der Waals surface area (Å²) in [6.07, 6.45) is 1.45. The van der Waals surface area contributed by atoms with Gasteiger partial charge in [-0.2, -0.15) is 5.26 Å². The molecular formula is C15H13N3O2. The number of nitriles is 1. The van der Waals surface area contributed by atoms with Gasteiger partial charge in [0.2, 0.25) is 0 Å². The second kappa shape index (κ2) is 6.34. The van der Waals surface area contributed by atoms with Crippen molar-refractivity contribution in [3.05, 3.63) is 59.8 Å². The summed E-state index contributed by atoms with van der Waals surface area (Å²) in [5, 5.41) is 20.9. The largest absolute Gasteiger partial charge is 0.481 e. The van der Waals surface area contributed by atoms with Crippen LogP contribution in [-0.2, 0) is 4.79 Å². The van der Waals surface area contributed by atoms with E-state index in [2.05, 4.69) is 10.3 Å². The Morgan fingerprint density at radius 1 is 1.30 bits per heavy atom. The molecule has 0 saturated heterocycles. The number of hydrogen-bond donors (Lipinski definition) is 2. The van der Waals surface area contributed by atoms with Gasteiger partial charge < -0.3 is 10.4 Å². The SMILES string of the molecule is N#Cc1ccc(NCC(C(=O)O)c2ccccc2)nc1. The van der Waals surface area contributed by atoms with E-state index in [1.807, 2.05) is 24.3 Å². The molecule has 0 amide bonds. The molecule has 1 aromatic carbocycles. The fourth-order valence-electron chi connectivity index (χ4n) is 1.80. The van der Waals surface area contributed by atoms with Crippen molar-refractivity contribution in [2.75, 3.05) is 11.9 Å². The van der Waals surface area contributed by atoms with Gasteiger partial charge >= 0.3 is 5.97 Å². The van der Waals surface area contributed by atoms with E-state index >= 15 is 0 Å². The summed E-state index contributed by atoms with van der Waals surface area (Å²) in [6.45, 7) is 0.234. The lowest BCUT2D eigenvalue weighted by Crippen LogP contribution is -2.21. The number of carbonyl (C=O) groups is 1. The molecule has 1 atom stereocenters. The van der Waals surface area contributed by atoms with Crippen LogP contribution in [0.1, 0.15) is 17.0 Å². The predicted molar refractivity (Wildman–Crippen MR) is 74.3 cm³/mol. The third kappa shape index (κ3) is 3.33. The van der Waals surface area contributed by atoms with Crippen LogP contribution < -0.4 is 5.32 Å². The number of aromatic nitrogens is 1. The van der Waals surface area contributed by atoms with Gasteiger partial charge in [-0.25, -0.2) is 4.98 Å². The lowest BCUT2D eigenvalue weighted by atomic mass is 9.99. The van der Waals surface area contributed by atoms with Crippen molar-refractivity contribution in [1.82, 2.24) is 4.98 Å². The van der Waals surface area contributed by atoms with E-state index in [1.54, 1.807) is 24.3 Å². The molecule has 0 bridgehead atoms. The van der Waals surface area contributed by atoms with Crippen LogP contribution in [0, 0.1) is 11.3 Å². The maximum Gasteiger partial charge on any atom is 0.312 e. The van der Waals surface area contributed by atoms with Gasteiger partial charge in [0, 0.05) is 12.7 Å². The van der Waals surface area contributed by atoms with Gasteiger partial charge in [0.15, 0.2) is 0 Å². The Morgan fingerprint density at radius 3 is 2.60 bits per heavy atom. The number of nitrogens with zero attached hydrogens (tertiary/aromatic N) is 2. The number of nitrogens with one attached hydrogen (secondary N) is 1. The van der Waals surface area contributed by atoms with E-state index in [-0.39, 0.29) is 6.54 Å². The molecule has 5 heteroatoms. The molecule has 100 valence electrons. The molecule has 1 aromatic heterocycles. The first-order valence-electron chi connectivity index (χ1n) is 6.08. The number of anilines is 1. The van der Waals surface area contributed by atoms with E-state index in [4.69, 9.17) is 5.26 Å². The second-order valence-electron chi connectivity index (χ2n) is 4.23. The average molecular weight is 267 g/mol. The fraction of sp³-hybridized carbons (Fsp3) is 0.133. The average Bonchev–Trinajstić information content (AvgIpc) is 2.49. The highest BCUT2D eigenvalue weighted by molar-refractivity contribution is 5.76. The zero-order valence-electron chi connectivity index (χ0n) is 10.7. The Balaban J connectivity index is 2.06. The van der Waals surface area contributed by atoms with Crippen molar-refractivity contribution in [1.29, 1.82) is 5.26 Å². The number of benzene rings is 1. The van der Waals surface area contributed by atoms with Gasteiger partial charge in [0.05, 0.1) is 11.5 Å². The normalized spacial score (nSPS) is 11.3. The molecule has 0 spiro atoms. The van der Waals surface area contributed by atoms with Gasteiger partial charge in [-0.1, -0.05) is 30.3 Å². The summed E-state index contributed by atoms with van der Waals surface area (Å²) in [6, 6.07) is 14.3. The molecule has 0 aliphatic heterocycles. The molecule has 2 aromatic rings. The van der Waals surface area contributed by atoms with E-state index in [0.717, 1.165) is 5.56 Å². The quantitative estimate of drug-likeness (QED) is 0.867. The highest BCUT2D eigenvalue weighted by Crippen LogP contribution is 2.16. The summed E-state index contributed by atoms with van der Waals surface area (Å²) >= 11 is 0. The Labute approximate surface area is 116 Å². The summed E-state index contributed by atoms with van der Waals surface area (Å²) in [7, 11) is 0. The van der Waals surface area contributed by atoms with Gasteiger partial charge in [0.1, 0.15) is 11.9 Å². The zero-order chi connectivity index (χ0) is 14.4. The molecule has 20 heavy (non-hydrogen) atoms. The van der Waals surface area contributed by atoms with E-state index in [0.29, 0.717) is 11.4 Å². The van der Waals surface area contributed by atoms with Crippen molar-refractivity contribution in [2.24, 2.45) is 0 Å². The van der Waals surface area contributed by atoms with Gasteiger partial charge in [-0.05, 0) is 17.7 Å². The third-order valence-corrected chi connectivity index (χ3v) is 2.88. The van der Waals surface area contributed by atoms with Crippen molar-refractivity contribution >= 4 is 11.8 Å². The van der Waals surface area contributed by atoms with Crippen molar-refractivity contribution in [2.45, 2.75) is 5.92 Å². The van der Waals surface area contributed by atoms with E-state index < -0.39 is 11.9 Å². The monoisotopic (exact) mass is 267 g/mol. The highest BCUT2D eigenvalue weighted by Gasteiger charge is 2.19. The molecule has 2 N–H and O–H groups in total. The number of aliphatic carboxylic acids is 1. The Morgan fingerprint density at radius 2 is 2.05 bits per heavy atom.